The van der Waals surface area contributed by atoms with Crippen molar-refractivity contribution in [2.24, 2.45) is 0 Å². The molecule has 0 amide bonds. The van der Waals surface area contributed by atoms with Gasteiger partial charge in [-0.25, -0.2) is 4.98 Å². The molecule has 2 rings (SSSR count). The first kappa shape index (κ1) is 16.8. The summed E-state index contributed by atoms with van der Waals surface area (Å²) in [6.45, 7) is 9.67. The molecule has 124 valence electrons. The molecule has 7 nitrogen and oxygen atoms in total. The van der Waals surface area contributed by atoms with Crippen LogP contribution in [0.4, 0.5) is 11.5 Å². The minimum atomic E-state index is 0.225. The van der Waals surface area contributed by atoms with Gasteiger partial charge in [0.1, 0.15) is 11.5 Å². The molecule has 1 fully saturated rings. The number of ether oxygens (including phenoxy) is 2. The summed E-state index contributed by atoms with van der Waals surface area (Å²) in [5.74, 6) is 2.07. The van der Waals surface area contributed by atoms with E-state index < -0.39 is 0 Å². The van der Waals surface area contributed by atoms with Gasteiger partial charge in [0.15, 0.2) is 5.82 Å². The van der Waals surface area contributed by atoms with Gasteiger partial charge in [0.25, 0.3) is 0 Å². The minimum absolute atomic E-state index is 0.225. The van der Waals surface area contributed by atoms with Gasteiger partial charge in [-0.2, -0.15) is 4.98 Å². The smallest absolute Gasteiger partial charge is 0.242 e. The SMILES string of the molecule is COc1nc(C(C)C)nc(NCCCN2CCOCC2)c1N. The Morgan fingerprint density at radius 3 is 2.68 bits per heavy atom. The van der Waals surface area contributed by atoms with Crippen molar-refractivity contribution in [2.75, 3.05) is 57.6 Å². The average Bonchev–Trinajstić information content (AvgIpc) is 2.53. The Morgan fingerprint density at radius 2 is 2.05 bits per heavy atom. The van der Waals surface area contributed by atoms with Crippen molar-refractivity contribution in [3.05, 3.63) is 5.82 Å². The van der Waals surface area contributed by atoms with Crippen LogP contribution in [-0.4, -0.2) is 61.4 Å². The Kier molecular flexibility index (Phi) is 6.21. The van der Waals surface area contributed by atoms with Crippen LogP contribution >= 0.6 is 0 Å². The first-order valence-corrected chi connectivity index (χ1v) is 7.87. The summed E-state index contributed by atoms with van der Waals surface area (Å²) in [4.78, 5) is 11.2. The molecule has 0 bridgehead atoms. The predicted octanol–water partition coefficient (Wildman–Crippen LogP) is 1.32. The van der Waals surface area contributed by atoms with Gasteiger partial charge in [0, 0.05) is 25.6 Å². The van der Waals surface area contributed by atoms with Gasteiger partial charge in [-0.15, -0.1) is 0 Å². The molecule has 0 unspecified atom stereocenters. The number of nitrogens with two attached hydrogens (primary N) is 1. The van der Waals surface area contributed by atoms with Crippen LogP contribution < -0.4 is 15.8 Å². The maximum Gasteiger partial charge on any atom is 0.242 e. The lowest BCUT2D eigenvalue weighted by atomic mass is 10.2. The van der Waals surface area contributed by atoms with Crippen LogP contribution in [0.15, 0.2) is 0 Å². The molecule has 1 aliphatic heterocycles. The number of nitrogens with zero attached hydrogens (tertiary/aromatic N) is 3. The molecule has 0 saturated carbocycles. The standard InChI is InChI=1S/C15H27N5O2/c1-11(2)13-18-14(12(16)15(19-13)21-3)17-5-4-6-20-7-9-22-10-8-20/h11H,4-10,16H2,1-3H3,(H,17,18,19). The molecule has 0 aliphatic carbocycles. The number of morpholine rings is 1. The van der Waals surface area contributed by atoms with Crippen LogP contribution in [0.3, 0.4) is 0 Å². The van der Waals surface area contributed by atoms with Crippen LogP contribution in [-0.2, 0) is 4.74 Å². The van der Waals surface area contributed by atoms with E-state index in [1.54, 1.807) is 7.11 Å². The number of nitrogen functional groups attached to an aromatic ring is 1. The van der Waals surface area contributed by atoms with E-state index in [0.29, 0.717) is 17.4 Å². The fourth-order valence-electron chi connectivity index (χ4n) is 2.35. The van der Waals surface area contributed by atoms with Gasteiger partial charge in [0.05, 0.1) is 20.3 Å². The molecule has 22 heavy (non-hydrogen) atoms. The van der Waals surface area contributed by atoms with Crippen molar-refractivity contribution in [3.8, 4) is 5.88 Å². The summed E-state index contributed by atoms with van der Waals surface area (Å²) in [6, 6.07) is 0. The molecule has 1 aromatic rings. The van der Waals surface area contributed by atoms with Crippen molar-refractivity contribution >= 4 is 11.5 Å². The Morgan fingerprint density at radius 1 is 1.32 bits per heavy atom. The van der Waals surface area contributed by atoms with Crippen molar-refractivity contribution in [1.29, 1.82) is 0 Å². The highest BCUT2D eigenvalue weighted by molar-refractivity contribution is 5.67. The Labute approximate surface area is 132 Å². The number of hydrogen-bond acceptors (Lipinski definition) is 7. The zero-order chi connectivity index (χ0) is 15.9. The van der Waals surface area contributed by atoms with E-state index in [1.807, 2.05) is 13.8 Å². The third-order valence-corrected chi connectivity index (χ3v) is 3.68. The van der Waals surface area contributed by atoms with Crippen molar-refractivity contribution in [3.63, 3.8) is 0 Å². The zero-order valence-corrected chi connectivity index (χ0v) is 13.8. The molecule has 0 spiro atoms. The van der Waals surface area contributed by atoms with Gasteiger partial charge in [0.2, 0.25) is 5.88 Å². The number of nitrogens with one attached hydrogen (secondary N) is 1. The first-order valence-electron chi connectivity index (χ1n) is 7.87. The number of methoxy groups -OCH3 is 1. The fraction of sp³-hybridized carbons (Fsp3) is 0.733. The summed E-state index contributed by atoms with van der Waals surface area (Å²) < 4.78 is 10.6. The molecule has 3 N–H and O–H groups in total. The van der Waals surface area contributed by atoms with Crippen LogP contribution in [0.5, 0.6) is 5.88 Å². The maximum absolute atomic E-state index is 6.05. The molecule has 2 heterocycles. The topological polar surface area (TPSA) is 85.5 Å². The van der Waals surface area contributed by atoms with E-state index in [9.17, 15) is 0 Å². The highest BCUT2D eigenvalue weighted by atomic mass is 16.5. The van der Waals surface area contributed by atoms with E-state index in [2.05, 4.69) is 20.2 Å². The van der Waals surface area contributed by atoms with E-state index >= 15 is 0 Å². The molecule has 1 aromatic heterocycles. The lowest BCUT2D eigenvalue weighted by Gasteiger charge is -2.26. The van der Waals surface area contributed by atoms with Crippen molar-refractivity contribution < 1.29 is 9.47 Å². The normalized spacial score (nSPS) is 16.0. The average molecular weight is 309 g/mol. The quantitative estimate of drug-likeness (QED) is 0.735. The van der Waals surface area contributed by atoms with E-state index in [-0.39, 0.29) is 5.92 Å². The van der Waals surface area contributed by atoms with Crippen molar-refractivity contribution in [2.45, 2.75) is 26.2 Å². The highest BCUT2D eigenvalue weighted by Crippen LogP contribution is 2.27. The number of hydrogen-bond donors (Lipinski definition) is 2. The highest BCUT2D eigenvalue weighted by Gasteiger charge is 2.14. The number of anilines is 2. The maximum atomic E-state index is 6.05. The molecular weight excluding hydrogens is 282 g/mol. The van der Waals surface area contributed by atoms with Gasteiger partial charge >= 0.3 is 0 Å². The monoisotopic (exact) mass is 309 g/mol. The fourth-order valence-corrected chi connectivity index (χ4v) is 2.35. The second-order valence-electron chi connectivity index (χ2n) is 5.74. The van der Waals surface area contributed by atoms with Gasteiger partial charge in [-0.3, -0.25) is 4.90 Å². The Hall–Kier alpha value is -1.60. The number of rotatable bonds is 7. The second kappa shape index (κ2) is 8.14. The van der Waals surface area contributed by atoms with Gasteiger partial charge in [-0.05, 0) is 13.0 Å². The minimum Gasteiger partial charge on any atom is -0.479 e. The third-order valence-electron chi connectivity index (χ3n) is 3.68. The lowest BCUT2D eigenvalue weighted by molar-refractivity contribution is 0.0378. The first-order chi connectivity index (χ1) is 10.6. The van der Waals surface area contributed by atoms with Crippen LogP contribution in [0.25, 0.3) is 0 Å². The molecule has 0 aromatic carbocycles. The predicted molar refractivity (Wildman–Crippen MR) is 87.5 cm³/mol. The third kappa shape index (κ3) is 4.45. The zero-order valence-electron chi connectivity index (χ0n) is 13.8. The summed E-state index contributed by atoms with van der Waals surface area (Å²) in [5.41, 5.74) is 6.52. The molecule has 0 atom stereocenters. The lowest BCUT2D eigenvalue weighted by Crippen LogP contribution is -2.37. The summed E-state index contributed by atoms with van der Waals surface area (Å²) in [7, 11) is 1.57. The van der Waals surface area contributed by atoms with Gasteiger partial charge in [-0.1, -0.05) is 13.8 Å². The van der Waals surface area contributed by atoms with E-state index in [1.165, 1.54) is 0 Å². The van der Waals surface area contributed by atoms with E-state index in [4.69, 9.17) is 15.2 Å². The molecule has 0 radical (unpaired) electrons. The van der Waals surface area contributed by atoms with E-state index in [0.717, 1.165) is 51.6 Å². The molecular formula is C15H27N5O2. The number of aromatic nitrogens is 2. The Balaban J connectivity index is 1.89. The van der Waals surface area contributed by atoms with Crippen LogP contribution in [0.2, 0.25) is 0 Å². The summed E-state index contributed by atoms with van der Waals surface area (Å²) in [6.07, 6.45) is 1.03. The largest absolute Gasteiger partial charge is 0.479 e. The van der Waals surface area contributed by atoms with Crippen LogP contribution in [0.1, 0.15) is 32.0 Å². The molecule has 7 heteroatoms. The molecule has 1 saturated heterocycles. The second-order valence-corrected chi connectivity index (χ2v) is 5.74. The Bertz CT molecular complexity index is 475. The summed E-state index contributed by atoms with van der Waals surface area (Å²) in [5, 5.41) is 3.31. The molecule has 1 aliphatic rings. The van der Waals surface area contributed by atoms with Crippen LogP contribution in [0, 0.1) is 0 Å². The summed E-state index contributed by atoms with van der Waals surface area (Å²) >= 11 is 0. The van der Waals surface area contributed by atoms with Crippen molar-refractivity contribution in [1.82, 2.24) is 14.9 Å². The van der Waals surface area contributed by atoms with Gasteiger partial charge < -0.3 is 20.5 Å².